The minimum absolute atomic E-state index is 0.749. The van der Waals surface area contributed by atoms with E-state index < -0.39 is 24.5 Å². The van der Waals surface area contributed by atoms with Crippen molar-refractivity contribution >= 4 is 31.6 Å². The molecular weight excluding hydrogens is 284 g/mol. The zero-order valence-corrected chi connectivity index (χ0v) is 10.6. The van der Waals surface area contributed by atoms with Gasteiger partial charge in [-0.2, -0.15) is 16.8 Å². The van der Waals surface area contributed by atoms with Gasteiger partial charge in [-0.1, -0.05) is 6.58 Å². The Morgan fingerprint density at radius 2 is 1.11 bits per heavy atom. The summed E-state index contributed by atoms with van der Waals surface area (Å²) >= 11 is 0. The number of anilines is 2. The molecule has 0 aliphatic rings. The van der Waals surface area contributed by atoms with Crippen LogP contribution in [0.4, 0.5) is 11.4 Å². The summed E-state index contributed by atoms with van der Waals surface area (Å²) in [7, 11) is -9.79. The molecule has 18 heavy (non-hydrogen) atoms. The van der Waals surface area contributed by atoms with Gasteiger partial charge in [0.05, 0.1) is 0 Å². The van der Waals surface area contributed by atoms with Gasteiger partial charge in [0.2, 0.25) is 4.24 Å². The monoisotopic (exact) mass is 296 g/mol. The zero-order chi connectivity index (χ0) is 14.6. The van der Waals surface area contributed by atoms with Crippen LogP contribution in [-0.2, 0) is 20.2 Å². The number of hydrogen-bond donors (Lipinski definition) is 4. The molecule has 10 heteroatoms. The van der Waals surface area contributed by atoms with Crippen LogP contribution < -0.4 is 11.5 Å². The molecule has 0 spiro atoms. The summed E-state index contributed by atoms with van der Waals surface area (Å²) < 4.78 is 53.9. The van der Waals surface area contributed by atoms with E-state index in [2.05, 4.69) is 6.58 Å². The van der Waals surface area contributed by atoms with Gasteiger partial charge in [-0.05, 0) is 24.3 Å². The first-order chi connectivity index (χ1) is 7.94. The highest BCUT2D eigenvalue weighted by Gasteiger charge is 2.23. The van der Waals surface area contributed by atoms with Crippen LogP contribution in [0.5, 0.6) is 0 Å². The number of rotatable bonds is 2. The second-order valence-electron chi connectivity index (χ2n) is 2.99. The van der Waals surface area contributed by atoms with Crippen molar-refractivity contribution < 1.29 is 25.9 Å². The van der Waals surface area contributed by atoms with Crippen LogP contribution in [0.1, 0.15) is 0 Å². The Balaban J connectivity index is 0.000000327. The van der Waals surface area contributed by atoms with E-state index in [0.29, 0.717) is 0 Å². The highest BCUT2D eigenvalue weighted by atomic mass is 32.3. The van der Waals surface area contributed by atoms with E-state index >= 15 is 0 Å². The van der Waals surface area contributed by atoms with Gasteiger partial charge in [-0.15, -0.1) is 0 Å². The van der Waals surface area contributed by atoms with Crippen LogP contribution in [0.3, 0.4) is 0 Å². The lowest BCUT2D eigenvalue weighted by molar-refractivity contribution is 0.480. The highest BCUT2D eigenvalue weighted by Crippen LogP contribution is 2.07. The molecule has 0 unspecified atom stereocenters. The van der Waals surface area contributed by atoms with E-state index in [1.54, 1.807) is 24.3 Å². The maximum atomic E-state index is 9.89. The van der Waals surface area contributed by atoms with Crippen molar-refractivity contribution in [1.29, 1.82) is 0 Å². The molecular formula is C8H12N2O6S2. The molecule has 1 aromatic carbocycles. The minimum Gasteiger partial charge on any atom is -0.399 e. The largest absolute Gasteiger partial charge is 0.399 e. The molecule has 0 bridgehead atoms. The number of nitrogens with two attached hydrogens (primary N) is 2. The third-order valence-electron chi connectivity index (χ3n) is 1.51. The van der Waals surface area contributed by atoms with Gasteiger partial charge in [0.25, 0.3) is 0 Å². The molecule has 8 nitrogen and oxygen atoms in total. The third-order valence-corrected chi connectivity index (χ3v) is 3.93. The lowest BCUT2D eigenvalue weighted by atomic mass is 10.3. The molecule has 0 heterocycles. The molecule has 0 radical (unpaired) electrons. The van der Waals surface area contributed by atoms with Gasteiger partial charge in [0, 0.05) is 11.4 Å². The molecule has 0 aromatic heterocycles. The van der Waals surface area contributed by atoms with Gasteiger partial charge < -0.3 is 11.5 Å². The first kappa shape index (κ1) is 16.4. The zero-order valence-electron chi connectivity index (χ0n) is 9.02. The molecule has 1 aromatic rings. The normalized spacial score (nSPS) is 11.2. The average Bonchev–Trinajstić information content (AvgIpc) is 2.20. The number of hydrogen-bond acceptors (Lipinski definition) is 6. The number of benzene rings is 1. The molecule has 6 N–H and O–H groups in total. The van der Waals surface area contributed by atoms with Crippen molar-refractivity contribution in [3.8, 4) is 0 Å². The van der Waals surface area contributed by atoms with Crippen molar-refractivity contribution in [1.82, 2.24) is 0 Å². The van der Waals surface area contributed by atoms with Crippen molar-refractivity contribution in [2.75, 3.05) is 11.5 Å². The second-order valence-corrected chi connectivity index (χ2v) is 6.13. The second kappa shape index (κ2) is 5.82. The smallest absolute Gasteiger partial charge is 0.307 e. The average molecular weight is 296 g/mol. The highest BCUT2D eigenvalue weighted by molar-refractivity contribution is 8.09. The lowest BCUT2D eigenvalue weighted by Crippen LogP contribution is -2.10. The van der Waals surface area contributed by atoms with Gasteiger partial charge in [-0.3, -0.25) is 9.11 Å². The number of nitrogen functional groups attached to an aromatic ring is 2. The Labute approximate surface area is 104 Å². The molecule has 0 aliphatic carbocycles. The molecule has 0 atom stereocenters. The van der Waals surface area contributed by atoms with Crippen LogP contribution in [0.2, 0.25) is 0 Å². The van der Waals surface area contributed by atoms with E-state index in [9.17, 15) is 16.8 Å². The van der Waals surface area contributed by atoms with Crippen molar-refractivity contribution in [3.63, 3.8) is 0 Å². The summed E-state index contributed by atoms with van der Waals surface area (Å²) in [6.45, 7) is 2.42. The van der Waals surface area contributed by atoms with Crippen molar-refractivity contribution in [2.45, 2.75) is 0 Å². The van der Waals surface area contributed by atoms with E-state index in [1.165, 1.54) is 0 Å². The molecule has 0 aliphatic heterocycles. The Bertz CT molecular complexity index is 563. The molecule has 1 rings (SSSR count). The summed E-state index contributed by atoms with van der Waals surface area (Å²) in [5.41, 5.74) is 12.2. The summed E-state index contributed by atoms with van der Waals surface area (Å²) in [4.78, 5) is 0. The Morgan fingerprint density at radius 3 is 1.22 bits per heavy atom. The maximum Gasteiger partial charge on any atom is 0.307 e. The van der Waals surface area contributed by atoms with Crippen LogP contribution in [0.25, 0.3) is 0 Å². The molecule has 102 valence electrons. The van der Waals surface area contributed by atoms with Crippen LogP contribution in [-0.4, -0.2) is 25.9 Å². The summed E-state index contributed by atoms with van der Waals surface area (Å²) in [5, 5.41) is 0. The van der Waals surface area contributed by atoms with Gasteiger partial charge in [0.15, 0.2) is 0 Å². The minimum atomic E-state index is -4.89. The quantitative estimate of drug-likeness (QED) is 0.440. The Hall–Kier alpha value is -1.62. The topological polar surface area (TPSA) is 161 Å². The van der Waals surface area contributed by atoms with E-state index in [0.717, 1.165) is 11.4 Å². The summed E-state index contributed by atoms with van der Waals surface area (Å²) in [6, 6.07) is 7.09. The Morgan fingerprint density at radius 1 is 0.889 bits per heavy atom. The standard InChI is InChI=1S/C6H8N2.C2H4O6S2/c7-5-1-2-6(8)4-3-5;1-2(9(3,4)5)10(6,7)8/h1-4H,7-8H2;1H2,(H,3,4,5)(H,6,7,8). The predicted molar refractivity (Wildman–Crippen MR) is 67.5 cm³/mol. The van der Waals surface area contributed by atoms with E-state index in [1.807, 2.05) is 0 Å². The lowest BCUT2D eigenvalue weighted by Gasteiger charge is -1.94. The predicted octanol–water partition coefficient (Wildman–Crippen LogP) is 0.0842. The van der Waals surface area contributed by atoms with Gasteiger partial charge in [0.1, 0.15) is 0 Å². The van der Waals surface area contributed by atoms with E-state index in [-0.39, 0.29) is 0 Å². The van der Waals surface area contributed by atoms with Gasteiger partial charge in [-0.25, -0.2) is 0 Å². The molecule has 0 amide bonds. The Kier molecular flexibility index (Phi) is 5.29. The van der Waals surface area contributed by atoms with Gasteiger partial charge >= 0.3 is 20.2 Å². The molecule has 0 fully saturated rings. The fourth-order valence-corrected chi connectivity index (χ4v) is 1.69. The van der Waals surface area contributed by atoms with Crippen LogP contribution in [0, 0.1) is 0 Å². The van der Waals surface area contributed by atoms with Crippen LogP contribution in [0.15, 0.2) is 35.1 Å². The SMILES string of the molecule is C=C(S(=O)(=O)O)S(=O)(=O)O.Nc1ccc(N)cc1. The first-order valence-electron chi connectivity index (χ1n) is 4.19. The summed E-state index contributed by atoms with van der Waals surface area (Å²) in [6.07, 6.45) is 0. The van der Waals surface area contributed by atoms with Crippen LogP contribution >= 0.6 is 0 Å². The maximum absolute atomic E-state index is 9.89. The summed E-state index contributed by atoms with van der Waals surface area (Å²) in [5.74, 6) is 0. The fourth-order valence-electron chi connectivity index (χ4n) is 0.629. The fraction of sp³-hybridized carbons (Fsp3) is 0. The first-order valence-corrected chi connectivity index (χ1v) is 7.07. The third kappa shape index (κ3) is 6.20. The van der Waals surface area contributed by atoms with Crippen molar-refractivity contribution in [3.05, 3.63) is 35.1 Å². The van der Waals surface area contributed by atoms with Crippen molar-refractivity contribution in [2.24, 2.45) is 0 Å². The molecule has 0 saturated heterocycles. The molecule has 0 saturated carbocycles. The van der Waals surface area contributed by atoms with E-state index in [4.69, 9.17) is 20.6 Å².